The van der Waals surface area contributed by atoms with Crippen LogP contribution in [0.25, 0.3) is 0 Å². The summed E-state index contributed by atoms with van der Waals surface area (Å²) in [7, 11) is 0. The molecule has 0 aliphatic heterocycles. The highest BCUT2D eigenvalue weighted by atomic mass is 19.4. The van der Waals surface area contributed by atoms with Gasteiger partial charge in [0.2, 0.25) is 0 Å². The number of esters is 1. The zero-order valence-electron chi connectivity index (χ0n) is 7.56. The van der Waals surface area contributed by atoms with Gasteiger partial charge >= 0.3 is 12.1 Å². The van der Waals surface area contributed by atoms with Crippen LogP contribution in [0, 0.1) is 5.82 Å². The lowest BCUT2D eigenvalue weighted by Crippen LogP contribution is -2.11. The molecule has 0 unspecified atom stereocenters. The van der Waals surface area contributed by atoms with Crippen molar-refractivity contribution in [2.75, 3.05) is 0 Å². The minimum atomic E-state index is -4.68. The van der Waals surface area contributed by atoms with Crippen molar-refractivity contribution in [3.05, 3.63) is 29.6 Å². The van der Waals surface area contributed by atoms with Gasteiger partial charge in [0.05, 0.1) is 5.56 Å². The van der Waals surface area contributed by atoms with Crippen LogP contribution < -0.4 is 4.74 Å². The first-order valence-electron chi connectivity index (χ1n) is 3.86. The highest BCUT2D eigenvalue weighted by molar-refractivity contribution is 5.69. The Bertz CT molecular complexity index is 384. The summed E-state index contributed by atoms with van der Waals surface area (Å²) in [5, 5.41) is 0. The minimum Gasteiger partial charge on any atom is -0.426 e. The van der Waals surface area contributed by atoms with E-state index in [9.17, 15) is 22.4 Å². The van der Waals surface area contributed by atoms with Crippen molar-refractivity contribution in [1.82, 2.24) is 0 Å². The van der Waals surface area contributed by atoms with Crippen LogP contribution >= 0.6 is 0 Å². The third kappa shape index (κ3) is 2.93. The summed E-state index contributed by atoms with van der Waals surface area (Å²) < 4.78 is 53.8. The summed E-state index contributed by atoms with van der Waals surface area (Å²) in [5.74, 6) is -2.67. The number of ether oxygens (including phenoxy) is 1. The van der Waals surface area contributed by atoms with Gasteiger partial charge < -0.3 is 4.74 Å². The van der Waals surface area contributed by atoms with E-state index in [2.05, 4.69) is 4.74 Å². The molecular weight excluding hydrogens is 216 g/mol. The predicted octanol–water partition coefficient (Wildman–Crippen LogP) is 2.77. The van der Waals surface area contributed by atoms with Gasteiger partial charge in [-0.2, -0.15) is 13.2 Å². The van der Waals surface area contributed by atoms with Gasteiger partial charge in [0.15, 0.2) is 0 Å². The smallest absolute Gasteiger partial charge is 0.419 e. The third-order valence-electron chi connectivity index (χ3n) is 1.50. The van der Waals surface area contributed by atoms with Gasteiger partial charge in [0.1, 0.15) is 11.6 Å². The molecule has 1 rings (SSSR count). The van der Waals surface area contributed by atoms with E-state index in [4.69, 9.17) is 0 Å². The van der Waals surface area contributed by atoms with Gasteiger partial charge in [-0.05, 0) is 12.1 Å². The Morgan fingerprint density at radius 3 is 2.40 bits per heavy atom. The third-order valence-corrected chi connectivity index (χ3v) is 1.50. The Hall–Kier alpha value is -1.59. The second kappa shape index (κ2) is 3.88. The Balaban J connectivity index is 3.20. The molecule has 0 aliphatic carbocycles. The van der Waals surface area contributed by atoms with E-state index in [1.165, 1.54) is 0 Å². The van der Waals surface area contributed by atoms with Crippen LogP contribution in [0.4, 0.5) is 17.6 Å². The maximum Gasteiger partial charge on any atom is 0.419 e. The van der Waals surface area contributed by atoms with Gasteiger partial charge in [-0.15, -0.1) is 0 Å². The molecule has 1 aromatic carbocycles. The summed E-state index contributed by atoms with van der Waals surface area (Å²) in [6.45, 7) is 0.936. The van der Waals surface area contributed by atoms with Crippen molar-refractivity contribution in [1.29, 1.82) is 0 Å². The van der Waals surface area contributed by atoms with Crippen LogP contribution in [0.15, 0.2) is 18.2 Å². The first-order valence-corrected chi connectivity index (χ1v) is 3.86. The largest absolute Gasteiger partial charge is 0.426 e. The van der Waals surface area contributed by atoms with Gasteiger partial charge in [-0.3, -0.25) is 4.79 Å². The van der Waals surface area contributed by atoms with E-state index >= 15 is 0 Å². The van der Waals surface area contributed by atoms with Crippen molar-refractivity contribution >= 4 is 5.97 Å². The lowest BCUT2D eigenvalue weighted by molar-refractivity contribution is -0.141. The molecule has 6 heteroatoms. The van der Waals surface area contributed by atoms with E-state index in [1.807, 2.05) is 0 Å². The Labute approximate surface area is 82.5 Å². The fraction of sp³-hybridized carbons (Fsp3) is 0.222. The average Bonchev–Trinajstić information content (AvgIpc) is 1.99. The minimum absolute atomic E-state index is 0.518. The van der Waals surface area contributed by atoms with E-state index < -0.39 is 29.3 Å². The molecule has 0 fully saturated rings. The van der Waals surface area contributed by atoms with Gasteiger partial charge in [-0.25, -0.2) is 4.39 Å². The van der Waals surface area contributed by atoms with E-state index in [0.29, 0.717) is 18.2 Å². The number of benzene rings is 1. The molecule has 82 valence electrons. The fourth-order valence-electron chi connectivity index (χ4n) is 0.970. The SMILES string of the molecule is CC(=O)Oc1cc(F)ccc1C(F)(F)F. The molecule has 0 atom stereocenters. The summed E-state index contributed by atoms with van der Waals surface area (Å²) in [6, 6.07) is 1.69. The lowest BCUT2D eigenvalue weighted by atomic mass is 10.2. The molecule has 1 aromatic rings. The molecule has 0 amide bonds. The normalized spacial score (nSPS) is 11.3. The second-order valence-electron chi connectivity index (χ2n) is 2.73. The zero-order chi connectivity index (χ0) is 11.6. The molecule has 0 heterocycles. The van der Waals surface area contributed by atoms with Crippen molar-refractivity contribution in [3.63, 3.8) is 0 Å². The first kappa shape index (κ1) is 11.5. The fourth-order valence-corrected chi connectivity index (χ4v) is 0.970. The number of carbonyl (C=O) groups is 1. The zero-order valence-corrected chi connectivity index (χ0v) is 7.56. The Morgan fingerprint density at radius 1 is 1.33 bits per heavy atom. The molecule has 0 bridgehead atoms. The number of hydrogen-bond donors (Lipinski definition) is 0. The van der Waals surface area contributed by atoms with Crippen LogP contribution in [0.5, 0.6) is 5.75 Å². The highest BCUT2D eigenvalue weighted by Gasteiger charge is 2.34. The summed E-state index contributed by atoms with van der Waals surface area (Å²) >= 11 is 0. The van der Waals surface area contributed by atoms with Crippen LogP contribution in [-0.4, -0.2) is 5.97 Å². The van der Waals surface area contributed by atoms with E-state index in [0.717, 1.165) is 6.92 Å². The molecule has 0 spiro atoms. The van der Waals surface area contributed by atoms with Crippen molar-refractivity contribution in [2.24, 2.45) is 0 Å². The molecule has 0 aliphatic rings. The number of alkyl halides is 3. The molecule has 2 nitrogen and oxygen atoms in total. The second-order valence-corrected chi connectivity index (χ2v) is 2.73. The monoisotopic (exact) mass is 222 g/mol. The van der Waals surface area contributed by atoms with Crippen LogP contribution in [0.2, 0.25) is 0 Å². The van der Waals surface area contributed by atoms with Crippen LogP contribution in [-0.2, 0) is 11.0 Å². The highest BCUT2D eigenvalue weighted by Crippen LogP contribution is 2.36. The summed E-state index contributed by atoms with van der Waals surface area (Å²) in [4.78, 5) is 10.5. The van der Waals surface area contributed by atoms with Gasteiger partial charge in [0, 0.05) is 13.0 Å². The Morgan fingerprint density at radius 2 is 1.93 bits per heavy atom. The van der Waals surface area contributed by atoms with Crippen LogP contribution in [0.3, 0.4) is 0 Å². The predicted molar refractivity (Wildman–Crippen MR) is 42.7 cm³/mol. The lowest BCUT2D eigenvalue weighted by Gasteiger charge is -2.11. The number of hydrogen-bond acceptors (Lipinski definition) is 2. The molecule has 15 heavy (non-hydrogen) atoms. The molecular formula is C9H6F4O2. The van der Waals surface area contributed by atoms with E-state index in [1.54, 1.807) is 0 Å². The van der Waals surface area contributed by atoms with Gasteiger partial charge in [0.25, 0.3) is 0 Å². The molecule has 0 N–H and O–H groups in total. The van der Waals surface area contributed by atoms with Crippen LogP contribution in [0.1, 0.15) is 12.5 Å². The first-order chi connectivity index (χ1) is 6.80. The molecule has 0 saturated carbocycles. The number of rotatable bonds is 1. The standard InChI is InChI=1S/C9H6F4O2/c1-5(14)15-8-4-6(10)2-3-7(8)9(11,12)13/h2-4H,1H3. The maximum absolute atomic E-state index is 12.6. The topological polar surface area (TPSA) is 26.3 Å². The average molecular weight is 222 g/mol. The molecule has 0 aromatic heterocycles. The summed E-state index contributed by atoms with van der Waals surface area (Å²) in [5.41, 5.74) is -1.18. The summed E-state index contributed by atoms with van der Waals surface area (Å²) in [6.07, 6.45) is -4.68. The molecule has 0 radical (unpaired) electrons. The number of carbonyl (C=O) groups excluding carboxylic acids is 1. The van der Waals surface area contributed by atoms with Gasteiger partial charge in [-0.1, -0.05) is 0 Å². The van der Waals surface area contributed by atoms with Crippen molar-refractivity contribution in [2.45, 2.75) is 13.1 Å². The van der Waals surface area contributed by atoms with Crippen molar-refractivity contribution in [3.8, 4) is 5.75 Å². The quantitative estimate of drug-likeness (QED) is 0.415. The number of halogens is 4. The maximum atomic E-state index is 12.6. The Kier molecular flexibility index (Phi) is 2.97. The molecule has 0 saturated heterocycles. The van der Waals surface area contributed by atoms with Crippen molar-refractivity contribution < 1.29 is 27.1 Å². The van der Waals surface area contributed by atoms with E-state index in [-0.39, 0.29) is 0 Å².